The minimum Gasteiger partial charge on any atom is -0.384 e. The molecule has 1 fully saturated rings. The second-order valence-electron chi connectivity index (χ2n) is 4.43. The van der Waals surface area contributed by atoms with Crippen molar-refractivity contribution >= 4 is 23.3 Å². The highest BCUT2D eigenvalue weighted by atomic mass is 35.5. The number of halogens is 1. The smallest absolute Gasteiger partial charge is 0.253 e. The molecule has 1 aliphatic carbocycles. The summed E-state index contributed by atoms with van der Waals surface area (Å²) in [5.41, 5.74) is 5.91. The molecule has 18 heavy (non-hydrogen) atoms. The van der Waals surface area contributed by atoms with Crippen molar-refractivity contribution in [3.05, 3.63) is 22.8 Å². The number of nitrogen functional groups attached to an aromatic ring is 1. The topological polar surface area (TPSA) is 77.2 Å². The first-order valence-corrected chi connectivity index (χ1v) is 6.22. The Morgan fingerprint density at radius 3 is 3.06 bits per heavy atom. The van der Waals surface area contributed by atoms with Crippen molar-refractivity contribution in [2.75, 3.05) is 12.8 Å². The number of nitrogens with one attached hydrogen (secondary N) is 1. The third-order valence-electron chi connectivity index (χ3n) is 3.17. The molecule has 2 atom stereocenters. The predicted octanol–water partition coefficient (Wildman–Crippen LogP) is 1.61. The van der Waals surface area contributed by atoms with Crippen LogP contribution in [-0.4, -0.2) is 30.1 Å². The molecule has 1 amide bonds. The Morgan fingerprint density at radius 1 is 1.61 bits per heavy atom. The lowest BCUT2D eigenvalue weighted by Gasteiger charge is -2.13. The number of nitrogens with zero attached hydrogens (tertiary/aromatic N) is 1. The van der Waals surface area contributed by atoms with Crippen LogP contribution in [0.1, 0.15) is 29.6 Å². The molecule has 0 aromatic carbocycles. The molecule has 0 spiro atoms. The van der Waals surface area contributed by atoms with Gasteiger partial charge in [0.05, 0.1) is 16.7 Å². The number of carbonyl (C=O) groups is 1. The average Bonchev–Trinajstić information content (AvgIpc) is 2.80. The van der Waals surface area contributed by atoms with Crippen molar-refractivity contribution in [3.63, 3.8) is 0 Å². The van der Waals surface area contributed by atoms with Gasteiger partial charge in [0.2, 0.25) is 0 Å². The lowest BCUT2D eigenvalue weighted by Crippen LogP contribution is -2.33. The van der Waals surface area contributed by atoms with Crippen LogP contribution in [0.2, 0.25) is 5.02 Å². The van der Waals surface area contributed by atoms with Crippen molar-refractivity contribution < 1.29 is 9.53 Å². The Bertz CT molecular complexity index is 453. The zero-order chi connectivity index (χ0) is 13.1. The van der Waals surface area contributed by atoms with E-state index in [4.69, 9.17) is 22.1 Å². The number of nitrogens with two attached hydrogens (primary N) is 1. The minimum absolute atomic E-state index is 0.132. The quantitative estimate of drug-likeness (QED) is 0.874. The van der Waals surface area contributed by atoms with Crippen LogP contribution in [0.15, 0.2) is 12.3 Å². The lowest BCUT2D eigenvalue weighted by atomic mass is 10.2. The fraction of sp³-hybridized carbons (Fsp3) is 0.500. The number of amides is 1. The zero-order valence-electron chi connectivity index (χ0n) is 10.1. The highest BCUT2D eigenvalue weighted by molar-refractivity contribution is 6.33. The normalized spacial score (nSPS) is 23.0. The standard InChI is InChI=1S/C12H16ClN3O2/c1-18-8-3-2-7(4-8)16-12(17)9-5-11(14)15-6-10(9)13/h5-8H,2-4H2,1H3,(H2,14,15)(H,16,17). The van der Waals surface area contributed by atoms with E-state index < -0.39 is 0 Å². The molecule has 0 saturated heterocycles. The van der Waals surface area contributed by atoms with E-state index in [2.05, 4.69) is 10.3 Å². The van der Waals surface area contributed by atoms with E-state index in [1.54, 1.807) is 7.11 Å². The average molecular weight is 270 g/mol. The Kier molecular flexibility index (Phi) is 4.04. The Morgan fingerprint density at radius 2 is 2.39 bits per heavy atom. The number of ether oxygens (including phenoxy) is 1. The molecule has 1 aliphatic rings. The molecule has 0 bridgehead atoms. The number of anilines is 1. The molecular weight excluding hydrogens is 254 g/mol. The number of methoxy groups -OCH3 is 1. The van der Waals surface area contributed by atoms with Gasteiger partial charge < -0.3 is 15.8 Å². The van der Waals surface area contributed by atoms with Gasteiger partial charge in [0, 0.05) is 19.3 Å². The maximum Gasteiger partial charge on any atom is 0.253 e. The van der Waals surface area contributed by atoms with E-state index in [1.165, 1.54) is 12.3 Å². The van der Waals surface area contributed by atoms with E-state index in [0.717, 1.165) is 19.3 Å². The number of hydrogen-bond donors (Lipinski definition) is 2. The zero-order valence-corrected chi connectivity index (χ0v) is 10.9. The van der Waals surface area contributed by atoms with Crippen LogP contribution in [-0.2, 0) is 4.74 Å². The Hall–Kier alpha value is -1.33. The van der Waals surface area contributed by atoms with Crippen LogP contribution in [0.4, 0.5) is 5.82 Å². The van der Waals surface area contributed by atoms with Gasteiger partial charge in [-0.2, -0.15) is 0 Å². The minimum atomic E-state index is -0.212. The molecule has 98 valence electrons. The van der Waals surface area contributed by atoms with Crippen LogP contribution in [0.3, 0.4) is 0 Å². The van der Waals surface area contributed by atoms with Crippen LogP contribution in [0.25, 0.3) is 0 Å². The summed E-state index contributed by atoms with van der Waals surface area (Å²) >= 11 is 5.93. The maximum atomic E-state index is 12.0. The van der Waals surface area contributed by atoms with E-state index in [0.29, 0.717) is 10.6 Å². The first kappa shape index (κ1) is 13.1. The van der Waals surface area contributed by atoms with Crippen molar-refractivity contribution in [2.24, 2.45) is 0 Å². The first-order chi connectivity index (χ1) is 8.60. The SMILES string of the molecule is COC1CCC(NC(=O)c2cc(N)ncc2Cl)C1. The Labute approximate surface area is 111 Å². The van der Waals surface area contributed by atoms with Gasteiger partial charge in [-0.1, -0.05) is 11.6 Å². The van der Waals surface area contributed by atoms with Gasteiger partial charge in [0.25, 0.3) is 5.91 Å². The molecule has 2 unspecified atom stereocenters. The largest absolute Gasteiger partial charge is 0.384 e. The summed E-state index contributed by atoms with van der Waals surface area (Å²) < 4.78 is 5.26. The molecule has 3 N–H and O–H groups in total. The van der Waals surface area contributed by atoms with Crippen molar-refractivity contribution in [1.82, 2.24) is 10.3 Å². The summed E-state index contributed by atoms with van der Waals surface area (Å²) in [4.78, 5) is 15.9. The summed E-state index contributed by atoms with van der Waals surface area (Å²) in [6.45, 7) is 0. The molecule has 1 aromatic heterocycles. The number of pyridine rings is 1. The van der Waals surface area contributed by atoms with E-state index in [-0.39, 0.29) is 23.9 Å². The monoisotopic (exact) mass is 269 g/mol. The summed E-state index contributed by atoms with van der Waals surface area (Å²) in [6.07, 6.45) is 4.34. The first-order valence-electron chi connectivity index (χ1n) is 5.85. The van der Waals surface area contributed by atoms with Gasteiger partial charge in [0.15, 0.2) is 0 Å². The van der Waals surface area contributed by atoms with E-state index >= 15 is 0 Å². The molecule has 0 aliphatic heterocycles. The summed E-state index contributed by atoms with van der Waals surface area (Å²) in [7, 11) is 1.69. The Balaban J connectivity index is 2.02. The van der Waals surface area contributed by atoms with Crippen molar-refractivity contribution in [3.8, 4) is 0 Å². The lowest BCUT2D eigenvalue weighted by molar-refractivity contribution is 0.0915. The molecule has 0 radical (unpaired) electrons. The summed E-state index contributed by atoms with van der Waals surface area (Å²) in [5.74, 6) is 0.0709. The maximum absolute atomic E-state index is 12.0. The molecule has 5 nitrogen and oxygen atoms in total. The molecule has 1 saturated carbocycles. The van der Waals surface area contributed by atoms with Crippen LogP contribution < -0.4 is 11.1 Å². The fourth-order valence-corrected chi connectivity index (χ4v) is 2.37. The second-order valence-corrected chi connectivity index (χ2v) is 4.84. The van der Waals surface area contributed by atoms with Crippen molar-refractivity contribution in [2.45, 2.75) is 31.4 Å². The van der Waals surface area contributed by atoms with Gasteiger partial charge in [-0.15, -0.1) is 0 Å². The number of aromatic nitrogens is 1. The molecular formula is C12H16ClN3O2. The predicted molar refractivity (Wildman–Crippen MR) is 69.6 cm³/mol. The van der Waals surface area contributed by atoms with E-state index in [1.807, 2.05) is 0 Å². The van der Waals surface area contributed by atoms with Gasteiger partial charge in [-0.25, -0.2) is 4.98 Å². The van der Waals surface area contributed by atoms with Crippen molar-refractivity contribution in [1.29, 1.82) is 0 Å². The molecule has 2 rings (SSSR count). The summed E-state index contributed by atoms with van der Waals surface area (Å²) in [5, 5.41) is 3.25. The number of rotatable bonds is 3. The van der Waals surface area contributed by atoms with Gasteiger partial charge in [-0.3, -0.25) is 4.79 Å². The molecule has 1 heterocycles. The molecule has 6 heteroatoms. The third kappa shape index (κ3) is 2.91. The van der Waals surface area contributed by atoms with E-state index in [9.17, 15) is 4.79 Å². The van der Waals surface area contributed by atoms with Gasteiger partial charge in [-0.05, 0) is 25.3 Å². The summed E-state index contributed by atoms with van der Waals surface area (Å²) in [6, 6.07) is 1.62. The van der Waals surface area contributed by atoms with Crippen LogP contribution in [0, 0.1) is 0 Å². The highest BCUT2D eigenvalue weighted by Gasteiger charge is 2.26. The van der Waals surface area contributed by atoms with Crippen LogP contribution in [0.5, 0.6) is 0 Å². The van der Waals surface area contributed by atoms with Crippen LogP contribution >= 0.6 is 11.6 Å². The second kappa shape index (κ2) is 5.54. The molecule has 1 aromatic rings. The van der Waals surface area contributed by atoms with Gasteiger partial charge in [0.1, 0.15) is 5.82 Å². The number of carbonyl (C=O) groups excluding carboxylic acids is 1. The third-order valence-corrected chi connectivity index (χ3v) is 3.48. The highest BCUT2D eigenvalue weighted by Crippen LogP contribution is 2.23. The number of hydrogen-bond acceptors (Lipinski definition) is 4. The fourth-order valence-electron chi connectivity index (χ4n) is 2.18. The van der Waals surface area contributed by atoms with Gasteiger partial charge >= 0.3 is 0 Å².